The van der Waals surface area contributed by atoms with Gasteiger partial charge in [0.1, 0.15) is 0 Å². The predicted octanol–water partition coefficient (Wildman–Crippen LogP) is 4.01. The van der Waals surface area contributed by atoms with E-state index in [-0.39, 0.29) is 0 Å². The summed E-state index contributed by atoms with van der Waals surface area (Å²) in [5, 5.41) is 8.27. The van der Waals surface area contributed by atoms with Crippen molar-refractivity contribution in [2.45, 2.75) is 45.2 Å². The summed E-state index contributed by atoms with van der Waals surface area (Å²) in [7, 11) is 0. The zero-order valence-corrected chi connectivity index (χ0v) is 13.5. The van der Waals surface area contributed by atoms with Crippen molar-refractivity contribution in [3.05, 3.63) is 46.2 Å². The van der Waals surface area contributed by atoms with E-state index < -0.39 is 0 Å². The van der Waals surface area contributed by atoms with Crippen molar-refractivity contribution in [3.63, 3.8) is 0 Å². The molecule has 0 amide bonds. The summed E-state index contributed by atoms with van der Waals surface area (Å²) in [6.07, 6.45) is 4.67. The SMILES string of the molecule is CC(C)c1ccn(-c2cc(Br)ccc2CNC2CC2)n1. The zero-order chi connectivity index (χ0) is 14.1. The highest BCUT2D eigenvalue weighted by molar-refractivity contribution is 9.10. The quantitative estimate of drug-likeness (QED) is 0.895. The van der Waals surface area contributed by atoms with Crippen molar-refractivity contribution < 1.29 is 0 Å². The van der Waals surface area contributed by atoms with Crippen molar-refractivity contribution >= 4 is 15.9 Å². The Hall–Kier alpha value is -1.13. The van der Waals surface area contributed by atoms with Gasteiger partial charge in [0.05, 0.1) is 11.4 Å². The molecule has 1 N–H and O–H groups in total. The Morgan fingerprint density at radius 3 is 2.80 bits per heavy atom. The van der Waals surface area contributed by atoms with Gasteiger partial charge >= 0.3 is 0 Å². The minimum atomic E-state index is 0.455. The summed E-state index contributed by atoms with van der Waals surface area (Å²) in [4.78, 5) is 0. The fraction of sp³-hybridized carbons (Fsp3) is 0.438. The molecular formula is C16H20BrN3. The van der Waals surface area contributed by atoms with E-state index in [0.717, 1.165) is 28.4 Å². The third-order valence-electron chi connectivity index (χ3n) is 3.65. The molecule has 0 bridgehead atoms. The maximum atomic E-state index is 4.69. The molecule has 106 valence electrons. The molecule has 1 aromatic carbocycles. The van der Waals surface area contributed by atoms with Gasteiger partial charge in [-0.15, -0.1) is 0 Å². The van der Waals surface area contributed by atoms with Crippen LogP contribution in [-0.2, 0) is 6.54 Å². The second kappa shape index (κ2) is 5.70. The van der Waals surface area contributed by atoms with Crippen LogP contribution in [0.2, 0.25) is 0 Å². The third-order valence-corrected chi connectivity index (χ3v) is 4.15. The summed E-state index contributed by atoms with van der Waals surface area (Å²) in [5.74, 6) is 0.455. The van der Waals surface area contributed by atoms with Gasteiger partial charge in [0.2, 0.25) is 0 Å². The molecule has 0 spiro atoms. The Labute approximate surface area is 128 Å². The van der Waals surface area contributed by atoms with E-state index in [1.165, 1.54) is 18.4 Å². The van der Waals surface area contributed by atoms with E-state index in [9.17, 15) is 0 Å². The molecule has 1 heterocycles. The molecule has 20 heavy (non-hydrogen) atoms. The monoisotopic (exact) mass is 333 g/mol. The van der Waals surface area contributed by atoms with Crippen LogP contribution >= 0.6 is 15.9 Å². The minimum absolute atomic E-state index is 0.455. The lowest BCUT2D eigenvalue weighted by Crippen LogP contribution is -2.17. The molecule has 0 aliphatic heterocycles. The van der Waals surface area contributed by atoms with Gasteiger partial charge < -0.3 is 5.32 Å². The van der Waals surface area contributed by atoms with Crippen molar-refractivity contribution in [1.82, 2.24) is 15.1 Å². The van der Waals surface area contributed by atoms with E-state index >= 15 is 0 Å². The van der Waals surface area contributed by atoms with Gasteiger partial charge in [-0.25, -0.2) is 4.68 Å². The Morgan fingerprint density at radius 1 is 1.35 bits per heavy atom. The van der Waals surface area contributed by atoms with Gasteiger partial charge in [0, 0.05) is 23.3 Å². The molecule has 3 rings (SSSR count). The average Bonchev–Trinajstić information content (AvgIpc) is 3.11. The summed E-state index contributed by atoms with van der Waals surface area (Å²) in [5.41, 5.74) is 3.57. The van der Waals surface area contributed by atoms with Crippen LogP contribution in [0, 0.1) is 0 Å². The van der Waals surface area contributed by atoms with E-state index in [1.807, 2.05) is 4.68 Å². The first-order valence-electron chi connectivity index (χ1n) is 7.21. The van der Waals surface area contributed by atoms with Gasteiger partial charge in [-0.2, -0.15) is 5.10 Å². The van der Waals surface area contributed by atoms with Crippen LogP contribution in [0.15, 0.2) is 34.9 Å². The lowest BCUT2D eigenvalue weighted by atomic mass is 10.1. The van der Waals surface area contributed by atoms with Gasteiger partial charge in [-0.05, 0) is 42.5 Å². The zero-order valence-electron chi connectivity index (χ0n) is 11.9. The van der Waals surface area contributed by atoms with E-state index in [1.54, 1.807) is 0 Å². The Kier molecular flexibility index (Phi) is 3.94. The number of aromatic nitrogens is 2. The number of hydrogen-bond acceptors (Lipinski definition) is 2. The summed E-state index contributed by atoms with van der Waals surface area (Å²) in [6.45, 7) is 5.25. The van der Waals surface area contributed by atoms with Gasteiger partial charge in [0.25, 0.3) is 0 Å². The van der Waals surface area contributed by atoms with Gasteiger partial charge in [0.15, 0.2) is 0 Å². The van der Waals surface area contributed by atoms with Crippen LogP contribution in [0.3, 0.4) is 0 Å². The molecule has 0 unspecified atom stereocenters. The van der Waals surface area contributed by atoms with Crippen LogP contribution in [-0.4, -0.2) is 15.8 Å². The molecule has 0 saturated heterocycles. The summed E-state index contributed by atoms with van der Waals surface area (Å²) < 4.78 is 3.08. The molecular weight excluding hydrogens is 314 g/mol. The first-order valence-corrected chi connectivity index (χ1v) is 8.00. The Bertz CT molecular complexity index is 600. The first-order chi connectivity index (χ1) is 9.63. The molecule has 1 fully saturated rings. The van der Waals surface area contributed by atoms with Crippen molar-refractivity contribution in [3.8, 4) is 5.69 Å². The third kappa shape index (κ3) is 3.13. The van der Waals surface area contributed by atoms with Crippen LogP contribution in [0.4, 0.5) is 0 Å². The highest BCUT2D eigenvalue weighted by Crippen LogP contribution is 2.24. The highest BCUT2D eigenvalue weighted by Gasteiger charge is 2.20. The maximum Gasteiger partial charge on any atom is 0.0701 e. The summed E-state index contributed by atoms with van der Waals surface area (Å²) >= 11 is 3.56. The van der Waals surface area contributed by atoms with Crippen LogP contribution < -0.4 is 5.32 Å². The molecule has 4 heteroatoms. The number of rotatable bonds is 5. The maximum absolute atomic E-state index is 4.69. The predicted molar refractivity (Wildman–Crippen MR) is 85.2 cm³/mol. The smallest absolute Gasteiger partial charge is 0.0701 e. The molecule has 3 nitrogen and oxygen atoms in total. The fourth-order valence-electron chi connectivity index (χ4n) is 2.22. The van der Waals surface area contributed by atoms with Gasteiger partial charge in [-0.3, -0.25) is 0 Å². The number of benzene rings is 1. The molecule has 1 saturated carbocycles. The van der Waals surface area contributed by atoms with E-state index in [4.69, 9.17) is 5.10 Å². The Balaban J connectivity index is 1.90. The molecule has 1 aliphatic rings. The van der Waals surface area contributed by atoms with E-state index in [2.05, 4.69) is 65.6 Å². The standard InChI is InChI=1S/C16H20BrN3/c1-11(2)15-7-8-20(19-15)16-9-13(17)4-3-12(16)10-18-14-5-6-14/h3-4,7-9,11,14,18H,5-6,10H2,1-2H3. The molecule has 2 aromatic rings. The van der Waals surface area contributed by atoms with Crippen LogP contribution in [0.5, 0.6) is 0 Å². The first kappa shape index (κ1) is 13.8. The second-order valence-electron chi connectivity index (χ2n) is 5.77. The van der Waals surface area contributed by atoms with Crippen LogP contribution in [0.25, 0.3) is 5.69 Å². The topological polar surface area (TPSA) is 29.9 Å². The van der Waals surface area contributed by atoms with Crippen molar-refractivity contribution in [2.75, 3.05) is 0 Å². The highest BCUT2D eigenvalue weighted by atomic mass is 79.9. The van der Waals surface area contributed by atoms with Gasteiger partial charge in [-0.1, -0.05) is 35.8 Å². The Morgan fingerprint density at radius 2 is 2.15 bits per heavy atom. The largest absolute Gasteiger partial charge is 0.310 e. The molecule has 0 radical (unpaired) electrons. The van der Waals surface area contributed by atoms with E-state index in [0.29, 0.717) is 5.92 Å². The number of halogens is 1. The van der Waals surface area contributed by atoms with Crippen molar-refractivity contribution in [1.29, 1.82) is 0 Å². The minimum Gasteiger partial charge on any atom is -0.310 e. The lowest BCUT2D eigenvalue weighted by molar-refractivity contribution is 0.679. The molecule has 0 atom stereocenters. The number of nitrogens with zero attached hydrogens (tertiary/aromatic N) is 2. The number of hydrogen-bond donors (Lipinski definition) is 1. The van der Waals surface area contributed by atoms with Crippen molar-refractivity contribution in [2.24, 2.45) is 0 Å². The average molecular weight is 334 g/mol. The fourth-order valence-corrected chi connectivity index (χ4v) is 2.57. The van der Waals surface area contributed by atoms with Crippen LogP contribution in [0.1, 0.15) is 43.9 Å². The molecule has 1 aromatic heterocycles. The second-order valence-corrected chi connectivity index (χ2v) is 6.68. The summed E-state index contributed by atoms with van der Waals surface area (Å²) in [6, 6.07) is 9.23. The molecule has 1 aliphatic carbocycles. The lowest BCUT2D eigenvalue weighted by Gasteiger charge is -2.11. The normalized spacial score (nSPS) is 15.0. The number of nitrogens with one attached hydrogen (secondary N) is 1.